The molecule has 2 N–H and O–H groups in total. The van der Waals surface area contributed by atoms with Crippen molar-refractivity contribution in [2.45, 2.75) is 26.4 Å². The van der Waals surface area contributed by atoms with Gasteiger partial charge in [-0.15, -0.1) is 0 Å². The lowest BCUT2D eigenvalue weighted by molar-refractivity contribution is -0.132. The van der Waals surface area contributed by atoms with Crippen molar-refractivity contribution in [3.8, 4) is 5.75 Å². The maximum atomic E-state index is 12.1. The molecule has 1 heterocycles. The molecule has 0 aliphatic carbocycles. The van der Waals surface area contributed by atoms with Gasteiger partial charge in [0.05, 0.1) is 5.69 Å². The number of nitrogen functional groups attached to an aromatic ring is 1. The number of hydrogen-bond acceptors (Lipinski definition) is 3. The Balaban J connectivity index is 2.55. The first-order valence-electron chi connectivity index (χ1n) is 5.36. The highest BCUT2D eigenvalue weighted by atomic mass is 16.5. The first-order chi connectivity index (χ1) is 7.45. The van der Waals surface area contributed by atoms with Crippen molar-refractivity contribution in [2.24, 2.45) is 0 Å². The zero-order valence-electron chi connectivity index (χ0n) is 9.78. The first-order valence-corrected chi connectivity index (χ1v) is 5.36. The highest BCUT2D eigenvalue weighted by Crippen LogP contribution is 2.38. The van der Waals surface area contributed by atoms with Gasteiger partial charge in [-0.3, -0.25) is 4.79 Å². The maximum Gasteiger partial charge on any atom is 0.270 e. The topological polar surface area (TPSA) is 55.6 Å². The molecule has 0 unspecified atom stereocenters. The standard InChI is InChI=1S/C12H16N2O2/c1-4-14-9-6-5-8(13)7-10(9)16-12(2,3)11(14)15/h5-7H,4,13H2,1-3H3. The molecule has 4 nitrogen and oxygen atoms in total. The highest BCUT2D eigenvalue weighted by molar-refractivity contribution is 6.02. The molecule has 16 heavy (non-hydrogen) atoms. The van der Waals surface area contributed by atoms with Gasteiger partial charge in [-0.25, -0.2) is 0 Å². The molecular weight excluding hydrogens is 204 g/mol. The number of anilines is 2. The summed E-state index contributed by atoms with van der Waals surface area (Å²) in [6.07, 6.45) is 0. The molecule has 2 rings (SSSR count). The van der Waals surface area contributed by atoms with Gasteiger partial charge >= 0.3 is 0 Å². The number of nitrogens with two attached hydrogens (primary N) is 1. The molecule has 86 valence electrons. The third-order valence-electron chi connectivity index (χ3n) is 2.72. The van der Waals surface area contributed by atoms with Gasteiger partial charge in [-0.1, -0.05) is 0 Å². The molecule has 1 aliphatic heterocycles. The van der Waals surface area contributed by atoms with Crippen LogP contribution in [-0.2, 0) is 4.79 Å². The van der Waals surface area contributed by atoms with Crippen LogP contribution in [0.2, 0.25) is 0 Å². The summed E-state index contributed by atoms with van der Waals surface area (Å²) in [6.45, 7) is 6.11. The van der Waals surface area contributed by atoms with Crippen LogP contribution in [0.1, 0.15) is 20.8 Å². The number of ether oxygens (including phenoxy) is 1. The fraction of sp³-hybridized carbons (Fsp3) is 0.417. The van der Waals surface area contributed by atoms with Crippen molar-refractivity contribution in [2.75, 3.05) is 17.2 Å². The smallest absolute Gasteiger partial charge is 0.270 e. The van der Waals surface area contributed by atoms with E-state index in [0.717, 1.165) is 5.69 Å². The van der Waals surface area contributed by atoms with E-state index < -0.39 is 5.60 Å². The van der Waals surface area contributed by atoms with E-state index in [1.54, 1.807) is 30.9 Å². The van der Waals surface area contributed by atoms with E-state index in [0.29, 0.717) is 18.0 Å². The number of rotatable bonds is 1. The van der Waals surface area contributed by atoms with E-state index in [1.165, 1.54) is 0 Å². The summed E-state index contributed by atoms with van der Waals surface area (Å²) < 4.78 is 5.67. The van der Waals surface area contributed by atoms with Gasteiger partial charge in [0.2, 0.25) is 0 Å². The summed E-state index contributed by atoms with van der Waals surface area (Å²) in [7, 11) is 0. The van der Waals surface area contributed by atoms with Crippen LogP contribution in [0.25, 0.3) is 0 Å². The molecule has 1 aliphatic rings. The Morgan fingerprint density at radius 1 is 1.44 bits per heavy atom. The maximum absolute atomic E-state index is 12.1. The van der Waals surface area contributed by atoms with E-state index in [-0.39, 0.29) is 5.91 Å². The van der Waals surface area contributed by atoms with Gasteiger partial charge in [-0.05, 0) is 32.9 Å². The van der Waals surface area contributed by atoms with Crippen molar-refractivity contribution in [1.82, 2.24) is 0 Å². The van der Waals surface area contributed by atoms with Crippen molar-refractivity contribution in [1.29, 1.82) is 0 Å². The van der Waals surface area contributed by atoms with Crippen LogP contribution >= 0.6 is 0 Å². The molecule has 1 aromatic rings. The fourth-order valence-electron chi connectivity index (χ4n) is 1.90. The Morgan fingerprint density at radius 3 is 2.75 bits per heavy atom. The predicted octanol–water partition coefficient (Wildman–Crippen LogP) is 1.79. The van der Waals surface area contributed by atoms with Crippen LogP contribution < -0.4 is 15.4 Å². The summed E-state index contributed by atoms with van der Waals surface area (Å²) in [5.41, 5.74) is 6.32. The van der Waals surface area contributed by atoms with Crippen molar-refractivity contribution in [3.63, 3.8) is 0 Å². The summed E-state index contributed by atoms with van der Waals surface area (Å²) in [6, 6.07) is 5.35. The molecule has 0 spiro atoms. The number of carbonyl (C=O) groups is 1. The second kappa shape index (κ2) is 3.40. The number of likely N-dealkylation sites (N-methyl/N-ethyl adjacent to an activating group) is 1. The molecule has 1 aromatic carbocycles. The second-order valence-corrected chi connectivity index (χ2v) is 4.39. The van der Waals surface area contributed by atoms with E-state index >= 15 is 0 Å². The molecule has 1 amide bonds. The van der Waals surface area contributed by atoms with Crippen LogP contribution in [-0.4, -0.2) is 18.1 Å². The van der Waals surface area contributed by atoms with Gasteiger partial charge in [0.25, 0.3) is 5.91 Å². The fourth-order valence-corrected chi connectivity index (χ4v) is 1.90. The lowest BCUT2D eigenvalue weighted by Gasteiger charge is -2.38. The SMILES string of the molecule is CCN1C(=O)C(C)(C)Oc2cc(N)ccc21. The monoisotopic (exact) mass is 220 g/mol. The van der Waals surface area contributed by atoms with Crippen LogP contribution in [0.3, 0.4) is 0 Å². The third-order valence-corrected chi connectivity index (χ3v) is 2.72. The minimum Gasteiger partial charge on any atom is -0.476 e. The van der Waals surface area contributed by atoms with E-state index in [1.807, 2.05) is 13.0 Å². The molecular formula is C12H16N2O2. The Kier molecular flexibility index (Phi) is 2.30. The lowest BCUT2D eigenvalue weighted by atomic mass is 10.0. The molecule has 0 aromatic heterocycles. The normalized spacial score (nSPS) is 17.9. The van der Waals surface area contributed by atoms with E-state index in [9.17, 15) is 4.79 Å². The van der Waals surface area contributed by atoms with Crippen LogP contribution in [0.4, 0.5) is 11.4 Å². The van der Waals surface area contributed by atoms with Gasteiger partial charge in [-0.2, -0.15) is 0 Å². The molecule has 0 saturated carbocycles. The first kappa shape index (κ1) is 10.8. The minimum absolute atomic E-state index is 0.0210. The Bertz CT molecular complexity index is 441. The van der Waals surface area contributed by atoms with E-state index in [4.69, 9.17) is 10.5 Å². The zero-order chi connectivity index (χ0) is 11.9. The second-order valence-electron chi connectivity index (χ2n) is 4.39. The number of nitrogens with zero attached hydrogens (tertiary/aromatic N) is 1. The highest BCUT2D eigenvalue weighted by Gasteiger charge is 2.40. The number of fused-ring (bicyclic) bond motifs is 1. The molecule has 0 bridgehead atoms. The van der Waals surface area contributed by atoms with Gasteiger partial charge in [0, 0.05) is 18.3 Å². The Labute approximate surface area is 95.0 Å². The van der Waals surface area contributed by atoms with Crippen molar-refractivity contribution >= 4 is 17.3 Å². The zero-order valence-corrected chi connectivity index (χ0v) is 9.78. The Morgan fingerprint density at radius 2 is 2.12 bits per heavy atom. The predicted molar refractivity (Wildman–Crippen MR) is 63.6 cm³/mol. The molecule has 0 fully saturated rings. The van der Waals surface area contributed by atoms with Gasteiger partial charge < -0.3 is 15.4 Å². The number of benzene rings is 1. The van der Waals surface area contributed by atoms with Crippen LogP contribution in [0.5, 0.6) is 5.75 Å². The van der Waals surface area contributed by atoms with Crippen molar-refractivity contribution in [3.05, 3.63) is 18.2 Å². The summed E-state index contributed by atoms with van der Waals surface area (Å²) in [4.78, 5) is 13.8. The van der Waals surface area contributed by atoms with Crippen LogP contribution in [0, 0.1) is 0 Å². The molecule has 4 heteroatoms. The summed E-state index contributed by atoms with van der Waals surface area (Å²) >= 11 is 0. The molecule has 0 saturated heterocycles. The number of hydrogen-bond donors (Lipinski definition) is 1. The van der Waals surface area contributed by atoms with Gasteiger partial charge in [0.1, 0.15) is 5.75 Å². The third kappa shape index (κ3) is 1.50. The number of carbonyl (C=O) groups excluding carboxylic acids is 1. The quantitative estimate of drug-likeness (QED) is 0.734. The lowest BCUT2D eigenvalue weighted by Crippen LogP contribution is -2.52. The van der Waals surface area contributed by atoms with Crippen LogP contribution in [0.15, 0.2) is 18.2 Å². The summed E-state index contributed by atoms with van der Waals surface area (Å²) in [5.74, 6) is 0.652. The minimum atomic E-state index is -0.823. The van der Waals surface area contributed by atoms with E-state index in [2.05, 4.69) is 0 Å². The van der Waals surface area contributed by atoms with Crippen molar-refractivity contribution < 1.29 is 9.53 Å². The number of amides is 1. The summed E-state index contributed by atoms with van der Waals surface area (Å²) in [5, 5.41) is 0. The molecule has 0 radical (unpaired) electrons. The average molecular weight is 220 g/mol. The molecule has 0 atom stereocenters. The largest absolute Gasteiger partial charge is 0.476 e. The van der Waals surface area contributed by atoms with Gasteiger partial charge in [0.15, 0.2) is 5.60 Å². The Hall–Kier alpha value is -1.71. The average Bonchev–Trinajstić information content (AvgIpc) is 2.20.